The van der Waals surface area contributed by atoms with Gasteiger partial charge >= 0.3 is 0 Å². The Morgan fingerprint density at radius 2 is 1.89 bits per heavy atom. The maximum absolute atomic E-state index is 13.9. The molecule has 0 amide bonds. The van der Waals surface area contributed by atoms with Crippen LogP contribution in [0.25, 0.3) is 21.8 Å². The second-order valence-corrected chi connectivity index (χ2v) is 9.90. The second kappa shape index (κ2) is 10.4. The molecule has 1 saturated carbocycles. The Morgan fingerprint density at radius 3 is 2.61 bits per heavy atom. The van der Waals surface area contributed by atoms with E-state index in [0.717, 1.165) is 30.6 Å². The van der Waals surface area contributed by atoms with Crippen LogP contribution in [0.2, 0.25) is 0 Å². The van der Waals surface area contributed by atoms with Crippen LogP contribution in [0.3, 0.4) is 0 Å². The molecular weight excluding hydrogens is 468 g/mol. The summed E-state index contributed by atoms with van der Waals surface area (Å²) in [4.78, 5) is 25.1. The second-order valence-electron chi connectivity index (χ2n) is 9.90. The molecule has 1 aromatic carbocycles. The van der Waals surface area contributed by atoms with E-state index in [0.29, 0.717) is 55.3 Å². The van der Waals surface area contributed by atoms with Gasteiger partial charge in [0.05, 0.1) is 25.9 Å². The molecule has 3 aromatic rings. The number of benzene rings is 1. The molecule has 194 valence electrons. The van der Waals surface area contributed by atoms with Crippen molar-refractivity contribution >= 4 is 27.8 Å². The fraction of sp³-hybridized carbons (Fsp3) is 0.577. The van der Waals surface area contributed by atoms with Gasteiger partial charge in [-0.2, -0.15) is 4.98 Å². The molecule has 1 aliphatic heterocycles. The minimum absolute atomic E-state index is 0.0721. The van der Waals surface area contributed by atoms with Crippen molar-refractivity contribution in [2.45, 2.75) is 63.6 Å². The molecule has 0 radical (unpaired) electrons. The number of anilines is 1. The monoisotopic (exact) mass is 501 g/mol. The lowest BCUT2D eigenvalue weighted by Crippen LogP contribution is -2.35. The average Bonchev–Trinajstić information content (AvgIpc) is 2.89. The quantitative estimate of drug-likeness (QED) is 0.477. The number of alkyl halides is 2. The number of hydrogen-bond donors (Lipinski definition) is 2. The van der Waals surface area contributed by atoms with Gasteiger partial charge in [-0.15, -0.1) is 0 Å². The van der Waals surface area contributed by atoms with Gasteiger partial charge in [-0.25, -0.2) is 13.8 Å². The third-order valence-electron chi connectivity index (χ3n) is 7.38. The van der Waals surface area contributed by atoms with Gasteiger partial charge in [0, 0.05) is 49.1 Å². The molecule has 0 spiro atoms. The fourth-order valence-corrected chi connectivity index (χ4v) is 5.17. The zero-order chi connectivity index (χ0) is 25.3. The lowest BCUT2D eigenvalue weighted by molar-refractivity contribution is 0.0114. The van der Waals surface area contributed by atoms with E-state index in [-0.39, 0.29) is 30.1 Å². The number of aromatic nitrogens is 3. The Kier molecular flexibility index (Phi) is 7.18. The topological polar surface area (TPSA) is 92.5 Å². The molecule has 2 aliphatic rings. The number of hydrogen-bond acceptors (Lipinski definition) is 7. The van der Waals surface area contributed by atoms with Crippen LogP contribution in [0.15, 0.2) is 29.2 Å². The fourth-order valence-electron chi connectivity index (χ4n) is 5.17. The molecule has 36 heavy (non-hydrogen) atoms. The van der Waals surface area contributed by atoms with Crippen LogP contribution in [-0.2, 0) is 11.3 Å². The van der Waals surface area contributed by atoms with E-state index in [1.807, 2.05) is 18.2 Å². The number of nitrogens with one attached hydrogen (secondary N) is 1. The van der Waals surface area contributed by atoms with Crippen LogP contribution in [0.5, 0.6) is 0 Å². The summed E-state index contributed by atoms with van der Waals surface area (Å²) in [5.74, 6) is -2.81. The molecule has 5 rings (SSSR count). The third-order valence-corrected chi connectivity index (χ3v) is 7.38. The number of halogens is 2. The van der Waals surface area contributed by atoms with Crippen LogP contribution in [0, 0.1) is 0 Å². The number of aliphatic hydroxyl groups excluding tert-OH is 1. The Hall–Kier alpha value is -2.69. The van der Waals surface area contributed by atoms with Crippen molar-refractivity contribution in [3.05, 3.63) is 40.3 Å². The van der Waals surface area contributed by atoms with Crippen molar-refractivity contribution in [2.75, 3.05) is 38.2 Å². The molecule has 0 bridgehead atoms. The summed E-state index contributed by atoms with van der Waals surface area (Å²) < 4.78 is 34.8. The molecule has 0 unspecified atom stereocenters. The van der Waals surface area contributed by atoms with Crippen molar-refractivity contribution in [2.24, 2.45) is 0 Å². The minimum atomic E-state index is -2.88. The highest BCUT2D eigenvalue weighted by atomic mass is 19.3. The van der Waals surface area contributed by atoms with Crippen molar-refractivity contribution in [1.29, 1.82) is 0 Å². The van der Waals surface area contributed by atoms with E-state index >= 15 is 0 Å². The standard InChI is InChI=1S/C26H33F2N5O3/c1-2-26(27,28)16-30-25-29-14-22-20-8-3-17(15-32-9-11-36-12-10-32)13-21(20)24(35)33(23(22)31-25)18-4-6-19(34)7-5-18/h3,8,13-14,18-19,34H,2,4-7,9-12,15-16H2,1H3,(H,29,30,31). The largest absolute Gasteiger partial charge is 0.393 e. The SMILES string of the molecule is CCC(F)(F)CNc1ncc2c3ccc(CN4CCOCC4)cc3c(=O)n(C3CCC(O)CC3)c2n1. The average molecular weight is 502 g/mol. The smallest absolute Gasteiger partial charge is 0.264 e. The van der Waals surface area contributed by atoms with Gasteiger partial charge in [0.15, 0.2) is 0 Å². The van der Waals surface area contributed by atoms with Crippen molar-refractivity contribution in [3.8, 4) is 0 Å². The predicted molar refractivity (Wildman–Crippen MR) is 135 cm³/mol. The molecule has 0 atom stereocenters. The summed E-state index contributed by atoms with van der Waals surface area (Å²) >= 11 is 0. The number of nitrogens with zero attached hydrogens (tertiary/aromatic N) is 4. The van der Waals surface area contributed by atoms with Crippen LogP contribution in [-0.4, -0.2) is 69.4 Å². The van der Waals surface area contributed by atoms with Crippen molar-refractivity contribution in [3.63, 3.8) is 0 Å². The number of morpholine rings is 1. The molecule has 2 N–H and O–H groups in total. The van der Waals surface area contributed by atoms with Gasteiger partial charge in [0.1, 0.15) is 5.65 Å². The Bertz CT molecular complexity index is 1280. The minimum Gasteiger partial charge on any atom is -0.393 e. The summed E-state index contributed by atoms with van der Waals surface area (Å²) in [5.41, 5.74) is 1.34. The Morgan fingerprint density at radius 1 is 1.14 bits per heavy atom. The molecule has 3 heterocycles. The summed E-state index contributed by atoms with van der Waals surface area (Å²) in [6.45, 7) is 4.70. The maximum Gasteiger partial charge on any atom is 0.264 e. The first-order valence-corrected chi connectivity index (χ1v) is 12.8. The van der Waals surface area contributed by atoms with Gasteiger partial charge in [-0.3, -0.25) is 14.3 Å². The highest BCUT2D eigenvalue weighted by molar-refractivity contribution is 6.04. The summed E-state index contributed by atoms with van der Waals surface area (Å²) in [6, 6.07) is 5.78. The molecule has 10 heteroatoms. The predicted octanol–water partition coefficient (Wildman–Crippen LogP) is 3.71. The number of fused-ring (bicyclic) bond motifs is 3. The molecule has 1 saturated heterocycles. The van der Waals surface area contributed by atoms with Crippen molar-refractivity contribution in [1.82, 2.24) is 19.4 Å². The van der Waals surface area contributed by atoms with Crippen LogP contribution in [0.4, 0.5) is 14.7 Å². The first kappa shape index (κ1) is 25.0. The number of ether oxygens (including phenoxy) is 1. The number of rotatable bonds is 7. The first-order valence-electron chi connectivity index (χ1n) is 12.8. The first-order chi connectivity index (χ1) is 17.3. The third kappa shape index (κ3) is 5.21. The summed E-state index contributed by atoms with van der Waals surface area (Å²) in [5, 5.41) is 14.7. The van der Waals surface area contributed by atoms with Gasteiger partial charge < -0.3 is 15.2 Å². The Labute approximate surface area is 208 Å². The van der Waals surface area contributed by atoms with Gasteiger partial charge in [0.25, 0.3) is 11.5 Å². The van der Waals surface area contributed by atoms with Gasteiger partial charge in [-0.1, -0.05) is 19.1 Å². The zero-order valence-electron chi connectivity index (χ0n) is 20.6. The van der Waals surface area contributed by atoms with E-state index in [2.05, 4.69) is 20.2 Å². The molecule has 8 nitrogen and oxygen atoms in total. The Balaban J connectivity index is 1.59. The highest BCUT2D eigenvalue weighted by Crippen LogP contribution is 2.32. The van der Waals surface area contributed by atoms with Crippen molar-refractivity contribution < 1.29 is 18.6 Å². The van der Waals surface area contributed by atoms with E-state index < -0.39 is 12.5 Å². The lowest BCUT2D eigenvalue weighted by atomic mass is 9.92. The van der Waals surface area contributed by atoms with Gasteiger partial charge in [-0.05, 0) is 42.7 Å². The maximum atomic E-state index is 13.9. The van der Waals surface area contributed by atoms with E-state index in [9.17, 15) is 18.7 Å². The van der Waals surface area contributed by atoms with E-state index in [4.69, 9.17) is 4.74 Å². The molecule has 2 fully saturated rings. The summed E-state index contributed by atoms with van der Waals surface area (Å²) in [7, 11) is 0. The van der Waals surface area contributed by atoms with Gasteiger partial charge in [0.2, 0.25) is 5.95 Å². The molecular formula is C26H33F2N5O3. The zero-order valence-corrected chi connectivity index (χ0v) is 20.6. The van der Waals surface area contributed by atoms with Crippen LogP contribution in [0.1, 0.15) is 50.6 Å². The van der Waals surface area contributed by atoms with E-state index in [1.54, 1.807) is 10.8 Å². The highest BCUT2D eigenvalue weighted by Gasteiger charge is 2.28. The van der Waals surface area contributed by atoms with Crippen LogP contribution >= 0.6 is 0 Å². The van der Waals surface area contributed by atoms with Crippen LogP contribution < -0.4 is 10.9 Å². The summed E-state index contributed by atoms with van der Waals surface area (Å²) in [6.07, 6.45) is 3.46. The number of pyridine rings is 1. The molecule has 2 aromatic heterocycles. The lowest BCUT2D eigenvalue weighted by Gasteiger charge is -2.28. The number of aliphatic hydroxyl groups is 1. The van der Waals surface area contributed by atoms with E-state index in [1.165, 1.54) is 6.92 Å². The normalized spacial score (nSPS) is 21.8. The molecule has 1 aliphatic carbocycles.